The van der Waals surface area contributed by atoms with Crippen LogP contribution in [-0.2, 0) is 20.7 Å². The number of methoxy groups -OCH3 is 1. The largest absolute Gasteiger partial charge is 0.384 e. The van der Waals surface area contributed by atoms with E-state index in [0.29, 0.717) is 31.8 Å². The Balaban J connectivity index is 1.43. The van der Waals surface area contributed by atoms with E-state index in [9.17, 15) is 9.59 Å². The molecule has 0 spiro atoms. The predicted octanol–water partition coefficient (Wildman–Crippen LogP) is 3.70. The standard InChI is InChI=1S/C25H32N2O3/c1-30-18-20-5-4-14-27(17-20)24(29)11-13-25(12-10-23(28)26-25)16-19-8-9-21-6-2-3-7-22(21)15-19/h2-3,6-9,15,20H,4-5,10-14,16-18H2,1H3,(H,26,28)/t20-,25+/m1/s1. The summed E-state index contributed by atoms with van der Waals surface area (Å²) >= 11 is 0. The number of hydrogen-bond acceptors (Lipinski definition) is 3. The summed E-state index contributed by atoms with van der Waals surface area (Å²) in [5, 5.41) is 5.65. The van der Waals surface area contributed by atoms with Crippen LogP contribution in [0.25, 0.3) is 10.8 Å². The first-order chi connectivity index (χ1) is 14.6. The van der Waals surface area contributed by atoms with Crippen LogP contribution in [-0.4, -0.2) is 49.1 Å². The van der Waals surface area contributed by atoms with Gasteiger partial charge in [-0.1, -0.05) is 42.5 Å². The number of carbonyl (C=O) groups is 2. The van der Waals surface area contributed by atoms with E-state index in [4.69, 9.17) is 4.74 Å². The average Bonchev–Trinajstić information content (AvgIpc) is 3.13. The Kier molecular flexibility index (Phi) is 6.38. The molecule has 0 unspecified atom stereocenters. The Bertz CT molecular complexity index is 910. The molecule has 5 heteroatoms. The highest BCUT2D eigenvalue weighted by molar-refractivity contribution is 5.83. The summed E-state index contributed by atoms with van der Waals surface area (Å²) in [6.07, 6.45) is 5.44. The van der Waals surface area contributed by atoms with Crippen molar-refractivity contribution in [2.45, 2.75) is 50.5 Å². The van der Waals surface area contributed by atoms with Gasteiger partial charge in [0.05, 0.1) is 6.61 Å². The number of ether oxygens (including phenoxy) is 1. The molecule has 2 aliphatic rings. The zero-order valence-electron chi connectivity index (χ0n) is 17.9. The summed E-state index contributed by atoms with van der Waals surface area (Å²) in [5.41, 5.74) is 0.887. The zero-order valence-corrected chi connectivity index (χ0v) is 17.9. The Labute approximate surface area is 178 Å². The maximum absolute atomic E-state index is 12.9. The van der Waals surface area contributed by atoms with Gasteiger partial charge >= 0.3 is 0 Å². The Morgan fingerprint density at radius 3 is 2.83 bits per heavy atom. The van der Waals surface area contributed by atoms with Gasteiger partial charge in [-0.2, -0.15) is 0 Å². The molecular weight excluding hydrogens is 376 g/mol. The summed E-state index contributed by atoms with van der Waals surface area (Å²) in [6.45, 7) is 2.34. The van der Waals surface area contributed by atoms with Gasteiger partial charge in [0, 0.05) is 38.6 Å². The van der Waals surface area contributed by atoms with Crippen molar-refractivity contribution in [3.8, 4) is 0 Å². The number of likely N-dealkylation sites (tertiary alicyclic amines) is 1. The van der Waals surface area contributed by atoms with Crippen molar-refractivity contribution in [2.24, 2.45) is 5.92 Å². The maximum atomic E-state index is 12.9. The van der Waals surface area contributed by atoms with Gasteiger partial charge in [0.1, 0.15) is 0 Å². The second kappa shape index (κ2) is 9.17. The van der Waals surface area contributed by atoms with Crippen molar-refractivity contribution in [3.63, 3.8) is 0 Å². The lowest BCUT2D eigenvalue weighted by atomic mass is 9.84. The number of amides is 2. The first-order valence-corrected chi connectivity index (χ1v) is 11.1. The van der Waals surface area contributed by atoms with Gasteiger partial charge in [-0.3, -0.25) is 9.59 Å². The Hall–Kier alpha value is -2.40. The molecule has 2 saturated heterocycles. The number of nitrogens with one attached hydrogen (secondary N) is 1. The number of rotatable bonds is 7. The molecule has 4 rings (SSSR count). The zero-order chi connectivity index (χ0) is 21.0. The van der Waals surface area contributed by atoms with Crippen LogP contribution in [0.4, 0.5) is 0 Å². The Morgan fingerprint density at radius 1 is 1.23 bits per heavy atom. The molecule has 0 saturated carbocycles. The third kappa shape index (κ3) is 4.84. The van der Waals surface area contributed by atoms with Gasteiger partial charge in [-0.15, -0.1) is 0 Å². The van der Waals surface area contributed by atoms with Crippen molar-refractivity contribution in [1.29, 1.82) is 0 Å². The van der Waals surface area contributed by atoms with Crippen LogP contribution in [0.3, 0.4) is 0 Å². The van der Waals surface area contributed by atoms with Crippen molar-refractivity contribution in [3.05, 3.63) is 48.0 Å². The fraction of sp³-hybridized carbons (Fsp3) is 0.520. The van der Waals surface area contributed by atoms with Crippen LogP contribution in [0.2, 0.25) is 0 Å². The minimum Gasteiger partial charge on any atom is -0.384 e. The molecular formula is C25H32N2O3. The second-order valence-electron chi connectivity index (χ2n) is 8.99. The smallest absolute Gasteiger partial charge is 0.222 e. The molecule has 5 nitrogen and oxygen atoms in total. The number of benzene rings is 2. The summed E-state index contributed by atoms with van der Waals surface area (Å²) in [6, 6.07) is 14.8. The molecule has 2 fully saturated rings. The highest BCUT2D eigenvalue weighted by Gasteiger charge is 2.38. The van der Waals surface area contributed by atoms with E-state index in [-0.39, 0.29) is 17.4 Å². The van der Waals surface area contributed by atoms with E-state index in [1.165, 1.54) is 16.3 Å². The molecule has 30 heavy (non-hydrogen) atoms. The van der Waals surface area contributed by atoms with Gasteiger partial charge in [-0.25, -0.2) is 0 Å². The fourth-order valence-electron chi connectivity index (χ4n) is 5.09. The monoisotopic (exact) mass is 408 g/mol. The molecule has 2 atom stereocenters. The molecule has 2 aromatic rings. The first kappa shape index (κ1) is 20.9. The van der Waals surface area contributed by atoms with Crippen LogP contribution in [0, 0.1) is 5.92 Å². The van der Waals surface area contributed by atoms with E-state index in [2.05, 4.69) is 35.6 Å². The molecule has 2 aliphatic heterocycles. The van der Waals surface area contributed by atoms with Crippen LogP contribution in [0.5, 0.6) is 0 Å². The lowest BCUT2D eigenvalue weighted by Crippen LogP contribution is -2.46. The number of piperidine rings is 1. The summed E-state index contributed by atoms with van der Waals surface area (Å²) in [7, 11) is 1.72. The van der Waals surface area contributed by atoms with Crippen molar-refractivity contribution in [1.82, 2.24) is 10.2 Å². The summed E-state index contributed by atoms with van der Waals surface area (Å²) in [4.78, 5) is 27.0. The van der Waals surface area contributed by atoms with E-state index in [1.807, 2.05) is 17.0 Å². The highest BCUT2D eigenvalue weighted by Crippen LogP contribution is 2.31. The van der Waals surface area contributed by atoms with Crippen LogP contribution in [0.15, 0.2) is 42.5 Å². The van der Waals surface area contributed by atoms with Crippen molar-refractivity contribution < 1.29 is 14.3 Å². The fourth-order valence-corrected chi connectivity index (χ4v) is 5.09. The number of carbonyl (C=O) groups excluding carboxylic acids is 2. The normalized spacial score (nSPS) is 24.2. The average molecular weight is 409 g/mol. The molecule has 0 aromatic heterocycles. The molecule has 1 N–H and O–H groups in total. The van der Waals surface area contributed by atoms with E-state index >= 15 is 0 Å². The number of nitrogens with zero attached hydrogens (tertiary/aromatic N) is 1. The van der Waals surface area contributed by atoms with Crippen LogP contribution in [0.1, 0.15) is 44.1 Å². The minimum atomic E-state index is -0.323. The van der Waals surface area contributed by atoms with Gasteiger partial charge in [0.25, 0.3) is 0 Å². The first-order valence-electron chi connectivity index (χ1n) is 11.1. The van der Waals surface area contributed by atoms with Gasteiger partial charge < -0.3 is 15.0 Å². The SMILES string of the molecule is COC[C@@H]1CCCN(C(=O)CC[C@]2(Cc3ccc4ccccc4c3)CCC(=O)N2)C1. The predicted molar refractivity (Wildman–Crippen MR) is 118 cm³/mol. The molecule has 0 bridgehead atoms. The van der Waals surface area contributed by atoms with Gasteiger partial charge in [0.15, 0.2) is 0 Å². The summed E-state index contributed by atoms with van der Waals surface area (Å²) in [5.74, 6) is 0.738. The quantitative estimate of drug-likeness (QED) is 0.760. The summed E-state index contributed by atoms with van der Waals surface area (Å²) < 4.78 is 5.29. The molecule has 2 amide bonds. The lowest BCUT2D eigenvalue weighted by molar-refractivity contribution is -0.134. The highest BCUT2D eigenvalue weighted by atomic mass is 16.5. The van der Waals surface area contributed by atoms with Gasteiger partial charge in [-0.05, 0) is 54.4 Å². The topological polar surface area (TPSA) is 58.6 Å². The third-order valence-corrected chi connectivity index (χ3v) is 6.68. The minimum absolute atomic E-state index is 0.0985. The molecule has 160 valence electrons. The van der Waals surface area contributed by atoms with Crippen molar-refractivity contribution >= 4 is 22.6 Å². The van der Waals surface area contributed by atoms with E-state index < -0.39 is 0 Å². The van der Waals surface area contributed by atoms with Crippen LogP contribution < -0.4 is 5.32 Å². The molecule has 2 aromatic carbocycles. The Morgan fingerprint density at radius 2 is 2.07 bits per heavy atom. The maximum Gasteiger partial charge on any atom is 0.222 e. The van der Waals surface area contributed by atoms with E-state index in [1.54, 1.807) is 7.11 Å². The molecule has 0 aliphatic carbocycles. The van der Waals surface area contributed by atoms with Crippen LogP contribution >= 0.6 is 0 Å². The number of fused-ring (bicyclic) bond motifs is 1. The van der Waals surface area contributed by atoms with Gasteiger partial charge in [0.2, 0.25) is 11.8 Å². The third-order valence-electron chi connectivity index (χ3n) is 6.68. The number of hydrogen-bond donors (Lipinski definition) is 1. The lowest BCUT2D eigenvalue weighted by Gasteiger charge is -2.34. The van der Waals surface area contributed by atoms with E-state index in [0.717, 1.165) is 38.8 Å². The molecule has 0 radical (unpaired) electrons. The molecule has 2 heterocycles. The second-order valence-corrected chi connectivity index (χ2v) is 8.99. The van der Waals surface area contributed by atoms with Crippen molar-refractivity contribution in [2.75, 3.05) is 26.8 Å².